The van der Waals surface area contributed by atoms with Crippen LogP contribution in [0.2, 0.25) is 5.02 Å². The van der Waals surface area contributed by atoms with E-state index in [2.05, 4.69) is 10.6 Å². The molecule has 3 amide bonds. The van der Waals surface area contributed by atoms with Gasteiger partial charge < -0.3 is 10.6 Å². The summed E-state index contributed by atoms with van der Waals surface area (Å²) in [6.45, 7) is 0.696. The van der Waals surface area contributed by atoms with E-state index in [4.69, 9.17) is 11.6 Å². The molecule has 0 aliphatic carbocycles. The molecule has 0 aromatic heterocycles. The number of nitrogens with two attached hydrogens (primary N) is 1. The van der Waals surface area contributed by atoms with Crippen LogP contribution >= 0.6 is 11.6 Å². The molecule has 24 heavy (non-hydrogen) atoms. The minimum absolute atomic E-state index is 0.341. The molecule has 0 saturated carbocycles. The Morgan fingerprint density at radius 2 is 1.88 bits per heavy atom. The third kappa shape index (κ3) is 5.37. The number of quaternary nitrogens is 1. The number of nitrogens with one attached hydrogen (secondary N) is 2. The summed E-state index contributed by atoms with van der Waals surface area (Å²) in [7, 11) is 1.48. The van der Waals surface area contributed by atoms with Crippen LogP contribution in [-0.2, 0) is 11.2 Å². The molecule has 0 unspecified atom stereocenters. The van der Waals surface area contributed by atoms with E-state index < -0.39 is 12.1 Å². The molecule has 0 heterocycles. The summed E-state index contributed by atoms with van der Waals surface area (Å²) in [5.74, 6) is -0.341. The molecule has 1 atom stereocenters. The smallest absolute Gasteiger partial charge is 0.321 e. The third-order valence-corrected chi connectivity index (χ3v) is 3.86. The number of amides is 3. The lowest BCUT2D eigenvalue weighted by molar-refractivity contribution is -0.682. The Bertz CT molecular complexity index is 692. The number of benzene rings is 2. The molecule has 0 radical (unpaired) electrons. The van der Waals surface area contributed by atoms with E-state index in [1.165, 1.54) is 7.05 Å². The molecule has 4 N–H and O–H groups in total. The predicted molar refractivity (Wildman–Crippen MR) is 93.7 cm³/mol. The Morgan fingerprint density at radius 3 is 2.54 bits per heavy atom. The molecule has 0 fully saturated rings. The molecule has 2 aromatic carbocycles. The summed E-state index contributed by atoms with van der Waals surface area (Å²) >= 11 is 5.99. The number of halogens is 1. The lowest BCUT2D eigenvalue weighted by atomic mass is 10.1. The van der Waals surface area contributed by atoms with Gasteiger partial charge in [-0.25, -0.2) is 4.79 Å². The summed E-state index contributed by atoms with van der Waals surface area (Å²) < 4.78 is 0. The molecule has 0 spiro atoms. The number of rotatable bonds is 6. The van der Waals surface area contributed by atoms with Crippen molar-refractivity contribution in [2.24, 2.45) is 0 Å². The van der Waals surface area contributed by atoms with Crippen LogP contribution in [-0.4, -0.2) is 25.5 Å². The SMILES string of the molecule is CNC(=O)NC(=O)[C@H]([NH2+]CCc1cccc(Cl)c1)c1ccccc1. The van der Waals surface area contributed by atoms with E-state index in [1.807, 2.05) is 59.9 Å². The summed E-state index contributed by atoms with van der Waals surface area (Å²) in [6.07, 6.45) is 0.775. The van der Waals surface area contributed by atoms with Gasteiger partial charge in [0.2, 0.25) is 0 Å². The molecule has 0 bridgehead atoms. The van der Waals surface area contributed by atoms with Crippen molar-refractivity contribution in [3.8, 4) is 0 Å². The topological polar surface area (TPSA) is 74.8 Å². The molecule has 2 rings (SSSR count). The third-order valence-electron chi connectivity index (χ3n) is 3.63. The van der Waals surface area contributed by atoms with Crippen LogP contribution in [0.15, 0.2) is 54.6 Å². The average Bonchev–Trinajstić information content (AvgIpc) is 2.59. The zero-order chi connectivity index (χ0) is 17.4. The van der Waals surface area contributed by atoms with Crippen LogP contribution in [0.1, 0.15) is 17.2 Å². The van der Waals surface area contributed by atoms with Gasteiger partial charge in [0, 0.05) is 24.1 Å². The van der Waals surface area contributed by atoms with Crippen LogP contribution in [0.25, 0.3) is 0 Å². The van der Waals surface area contributed by atoms with E-state index in [9.17, 15) is 9.59 Å². The first-order valence-corrected chi connectivity index (χ1v) is 8.13. The van der Waals surface area contributed by atoms with Gasteiger partial charge in [0.05, 0.1) is 6.54 Å². The fraction of sp³-hybridized carbons (Fsp3) is 0.222. The van der Waals surface area contributed by atoms with Crippen molar-refractivity contribution in [3.63, 3.8) is 0 Å². The van der Waals surface area contributed by atoms with Crippen LogP contribution in [0, 0.1) is 0 Å². The standard InChI is InChI=1S/C18H20ClN3O2/c1-20-18(24)22-17(23)16(14-7-3-2-4-8-14)21-11-10-13-6-5-9-15(19)12-13/h2-9,12,16,21H,10-11H2,1H3,(H2,20,22,23,24)/p+1/t16-/m1/s1. The Kier molecular flexibility index (Phi) is 6.78. The second-order valence-electron chi connectivity index (χ2n) is 5.36. The van der Waals surface area contributed by atoms with Crippen molar-refractivity contribution in [2.45, 2.75) is 12.5 Å². The molecule has 0 aliphatic rings. The molecule has 2 aromatic rings. The quantitative estimate of drug-likeness (QED) is 0.744. The van der Waals surface area contributed by atoms with Crippen molar-refractivity contribution in [1.82, 2.24) is 10.6 Å². The number of hydrogen-bond acceptors (Lipinski definition) is 2. The van der Waals surface area contributed by atoms with Gasteiger partial charge >= 0.3 is 6.03 Å². The van der Waals surface area contributed by atoms with E-state index in [0.717, 1.165) is 17.5 Å². The highest BCUT2D eigenvalue weighted by Gasteiger charge is 2.25. The first kappa shape index (κ1) is 18.0. The number of carbonyl (C=O) groups excluding carboxylic acids is 2. The van der Waals surface area contributed by atoms with Crippen molar-refractivity contribution in [2.75, 3.05) is 13.6 Å². The van der Waals surface area contributed by atoms with Gasteiger partial charge in [0.15, 0.2) is 6.04 Å². The van der Waals surface area contributed by atoms with Crippen molar-refractivity contribution >= 4 is 23.5 Å². The number of urea groups is 1. The molecule has 6 heteroatoms. The summed E-state index contributed by atoms with van der Waals surface area (Å²) in [4.78, 5) is 23.8. The number of hydrogen-bond donors (Lipinski definition) is 3. The van der Waals surface area contributed by atoms with Gasteiger partial charge in [-0.3, -0.25) is 10.1 Å². The summed E-state index contributed by atoms with van der Waals surface area (Å²) in [5.41, 5.74) is 1.96. The maximum Gasteiger partial charge on any atom is 0.321 e. The van der Waals surface area contributed by atoms with Gasteiger partial charge in [-0.2, -0.15) is 0 Å². The Morgan fingerprint density at radius 1 is 1.12 bits per heavy atom. The number of carbonyl (C=O) groups is 2. The fourth-order valence-corrected chi connectivity index (χ4v) is 2.63. The molecule has 126 valence electrons. The van der Waals surface area contributed by atoms with Gasteiger partial charge in [-0.05, 0) is 17.7 Å². The van der Waals surface area contributed by atoms with Crippen LogP contribution < -0.4 is 16.0 Å². The zero-order valence-corrected chi connectivity index (χ0v) is 14.2. The van der Waals surface area contributed by atoms with E-state index in [0.29, 0.717) is 11.6 Å². The van der Waals surface area contributed by atoms with Crippen LogP contribution in [0.3, 0.4) is 0 Å². The predicted octanol–water partition coefficient (Wildman–Crippen LogP) is 1.64. The minimum Gasteiger partial charge on any atom is -0.341 e. The maximum atomic E-state index is 12.4. The van der Waals surface area contributed by atoms with Crippen molar-refractivity contribution < 1.29 is 14.9 Å². The van der Waals surface area contributed by atoms with Crippen LogP contribution in [0.4, 0.5) is 4.79 Å². The van der Waals surface area contributed by atoms with Crippen molar-refractivity contribution in [1.29, 1.82) is 0 Å². The first-order valence-electron chi connectivity index (χ1n) is 7.75. The Hall–Kier alpha value is -2.37. The van der Waals surface area contributed by atoms with E-state index >= 15 is 0 Å². The number of imide groups is 1. The van der Waals surface area contributed by atoms with Gasteiger partial charge in [-0.1, -0.05) is 54.1 Å². The van der Waals surface area contributed by atoms with Crippen molar-refractivity contribution in [3.05, 3.63) is 70.7 Å². The first-order chi connectivity index (χ1) is 11.6. The van der Waals surface area contributed by atoms with E-state index in [1.54, 1.807) is 0 Å². The highest BCUT2D eigenvalue weighted by Crippen LogP contribution is 2.11. The van der Waals surface area contributed by atoms with Gasteiger partial charge in [0.1, 0.15) is 0 Å². The highest BCUT2D eigenvalue weighted by molar-refractivity contribution is 6.30. The summed E-state index contributed by atoms with van der Waals surface area (Å²) in [5, 5.41) is 7.36. The zero-order valence-electron chi connectivity index (χ0n) is 13.5. The van der Waals surface area contributed by atoms with E-state index in [-0.39, 0.29) is 5.91 Å². The lowest BCUT2D eigenvalue weighted by Crippen LogP contribution is -2.88. The monoisotopic (exact) mass is 346 g/mol. The fourth-order valence-electron chi connectivity index (χ4n) is 2.42. The minimum atomic E-state index is -0.510. The lowest BCUT2D eigenvalue weighted by Gasteiger charge is -2.15. The van der Waals surface area contributed by atoms with Gasteiger partial charge in [0.25, 0.3) is 5.91 Å². The molecule has 5 nitrogen and oxygen atoms in total. The molecule has 0 aliphatic heterocycles. The normalized spacial score (nSPS) is 11.6. The largest absolute Gasteiger partial charge is 0.341 e. The van der Waals surface area contributed by atoms with Gasteiger partial charge in [-0.15, -0.1) is 0 Å². The molecular formula is C18H21ClN3O2+. The second kappa shape index (κ2) is 9.05. The Balaban J connectivity index is 2.03. The average molecular weight is 347 g/mol. The second-order valence-corrected chi connectivity index (χ2v) is 5.80. The molecular weight excluding hydrogens is 326 g/mol. The molecule has 0 saturated heterocycles. The van der Waals surface area contributed by atoms with Crippen LogP contribution in [0.5, 0.6) is 0 Å². The Labute approximate surface area is 146 Å². The highest BCUT2D eigenvalue weighted by atomic mass is 35.5. The maximum absolute atomic E-state index is 12.4. The summed E-state index contributed by atoms with van der Waals surface area (Å²) in [6, 6.07) is 16.1.